The normalized spacial score (nSPS) is 10.7. The van der Waals surface area contributed by atoms with E-state index in [1.165, 1.54) is 18.7 Å². The van der Waals surface area contributed by atoms with Gasteiger partial charge in [0.2, 0.25) is 0 Å². The molecule has 132 valence electrons. The highest BCUT2D eigenvalue weighted by molar-refractivity contribution is 6.01. The average molecular weight is 348 g/mol. The van der Waals surface area contributed by atoms with Gasteiger partial charge in [0, 0.05) is 6.54 Å². The van der Waals surface area contributed by atoms with Crippen LogP contribution in [-0.2, 0) is 16.0 Å². The van der Waals surface area contributed by atoms with Crippen molar-refractivity contribution in [3.8, 4) is 6.07 Å². The van der Waals surface area contributed by atoms with Crippen LogP contribution in [0.4, 0.5) is 0 Å². The molecule has 0 saturated heterocycles. The fraction of sp³-hybridized carbons (Fsp3) is 0.190. The summed E-state index contributed by atoms with van der Waals surface area (Å²) >= 11 is 0. The SMILES string of the molecule is COC(=O)c1ccc(/C=C(/C#N)C(=O)NCCCc2ccccc2)cc1. The molecular formula is C21H20N2O3. The van der Waals surface area contributed by atoms with Crippen LogP contribution in [0.25, 0.3) is 6.08 Å². The second kappa shape index (κ2) is 9.80. The topological polar surface area (TPSA) is 79.2 Å². The van der Waals surface area contributed by atoms with E-state index in [1.54, 1.807) is 24.3 Å². The van der Waals surface area contributed by atoms with Crippen molar-refractivity contribution in [2.24, 2.45) is 0 Å². The van der Waals surface area contributed by atoms with Crippen LogP contribution in [0, 0.1) is 11.3 Å². The maximum absolute atomic E-state index is 12.1. The molecule has 0 aliphatic rings. The molecule has 1 N–H and O–H groups in total. The Kier molecular flexibility index (Phi) is 7.14. The lowest BCUT2D eigenvalue weighted by molar-refractivity contribution is -0.117. The number of hydrogen-bond acceptors (Lipinski definition) is 4. The molecule has 1 amide bonds. The van der Waals surface area contributed by atoms with Crippen LogP contribution in [0.3, 0.4) is 0 Å². The Hall–Kier alpha value is -3.39. The van der Waals surface area contributed by atoms with Gasteiger partial charge in [0.25, 0.3) is 5.91 Å². The Morgan fingerprint density at radius 2 is 1.81 bits per heavy atom. The number of hydrogen-bond donors (Lipinski definition) is 1. The maximum Gasteiger partial charge on any atom is 0.337 e. The van der Waals surface area contributed by atoms with Crippen molar-refractivity contribution < 1.29 is 14.3 Å². The number of nitrogens with zero attached hydrogens (tertiary/aromatic N) is 1. The highest BCUT2D eigenvalue weighted by Crippen LogP contribution is 2.10. The summed E-state index contributed by atoms with van der Waals surface area (Å²) < 4.78 is 4.63. The molecule has 0 unspecified atom stereocenters. The third-order valence-electron chi connectivity index (χ3n) is 3.78. The molecule has 5 heteroatoms. The number of esters is 1. The van der Waals surface area contributed by atoms with Gasteiger partial charge in [-0.25, -0.2) is 4.79 Å². The van der Waals surface area contributed by atoms with Crippen molar-refractivity contribution in [1.82, 2.24) is 5.32 Å². The zero-order chi connectivity index (χ0) is 18.8. The van der Waals surface area contributed by atoms with Crippen LogP contribution in [-0.4, -0.2) is 25.5 Å². The van der Waals surface area contributed by atoms with Gasteiger partial charge < -0.3 is 10.1 Å². The van der Waals surface area contributed by atoms with Gasteiger partial charge >= 0.3 is 5.97 Å². The standard InChI is InChI=1S/C21H20N2O3/c1-26-21(25)18-11-9-17(10-12-18)14-19(15-22)20(24)23-13-5-8-16-6-3-2-4-7-16/h2-4,6-7,9-12,14H,5,8,13H2,1H3,(H,23,24)/b19-14-. The Balaban J connectivity index is 1.90. The quantitative estimate of drug-likeness (QED) is 0.361. The molecule has 0 radical (unpaired) electrons. The van der Waals surface area contributed by atoms with E-state index in [1.807, 2.05) is 36.4 Å². The van der Waals surface area contributed by atoms with E-state index >= 15 is 0 Å². The van der Waals surface area contributed by atoms with Gasteiger partial charge in [-0.1, -0.05) is 42.5 Å². The molecule has 2 aromatic carbocycles. The summed E-state index contributed by atoms with van der Waals surface area (Å²) in [5.74, 6) is -0.838. The molecule has 0 fully saturated rings. The molecule has 2 aromatic rings. The minimum Gasteiger partial charge on any atom is -0.465 e. The number of methoxy groups -OCH3 is 1. The lowest BCUT2D eigenvalue weighted by Crippen LogP contribution is -2.25. The van der Waals surface area contributed by atoms with Crippen molar-refractivity contribution in [3.05, 3.63) is 76.9 Å². The first-order chi connectivity index (χ1) is 12.6. The first-order valence-electron chi connectivity index (χ1n) is 8.26. The van der Waals surface area contributed by atoms with Crippen LogP contribution in [0.5, 0.6) is 0 Å². The molecule has 0 heterocycles. The number of amides is 1. The fourth-order valence-corrected chi connectivity index (χ4v) is 2.38. The van der Waals surface area contributed by atoms with Crippen LogP contribution < -0.4 is 5.32 Å². The summed E-state index contributed by atoms with van der Waals surface area (Å²) in [4.78, 5) is 23.5. The van der Waals surface area contributed by atoms with E-state index in [-0.39, 0.29) is 5.57 Å². The number of nitriles is 1. The number of nitrogens with one attached hydrogen (secondary N) is 1. The van der Waals surface area contributed by atoms with Gasteiger partial charge in [-0.05, 0) is 42.2 Å². The highest BCUT2D eigenvalue weighted by atomic mass is 16.5. The number of carbonyl (C=O) groups excluding carboxylic acids is 2. The molecule has 0 bridgehead atoms. The van der Waals surface area contributed by atoms with E-state index in [4.69, 9.17) is 0 Å². The third kappa shape index (κ3) is 5.60. The maximum atomic E-state index is 12.1. The molecule has 0 aromatic heterocycles. The molecule has 5 nitrogen and oxygen atoms in total. The van der Waals surface area contributed by atoms with Crippen molar-refractivity contribution in [3.63, 3.8) is 0 Å². The monoisotopic (exact) mass is 348 g/mol. The first kappa shape index (κ1) is 18.9. The summed E-state index contributed by atoms with van der Waals surface area (Å²) in [5, 5.41) is 12.0. The number of ether oxygens (including phenoxy) is 1. The molecule has 0 aliphatic carbocycles. The predicted molar refractivity (Wildman–Crippen MR) is 99.1 cm³/mol. The molecule has 0 atom stereocenters. The number of carbonyl (C=O) groups is 2. The summed E-state index contributed by atoms with van der Waals surface area (Å²) in [6.07, 6.45) is 3.15. The van der Waals surface area contributed by atoms with Crippen LogP contribution in [0.2, 0.25) is 0 Å². The van der Waals surface area contributed by atoms with E-state index in [2.05, 4.69) is 10.1 Å². The van der Waals surface area contributed by atoms with E-state index in [0.717, 1.165) is 12.8 Å². The van der Waals surface area contributed by atoms with Crippen LogP contribution in [0.15, 0.2) is 60.2 Å². The molecule has 0 spiro atoms. The van der Waals surface area contributed by atoms with Crippen molar-refractivity contribution in [2.75, 3.05) is 13.7 Å². The number of rotatable bonds is 7. The molecule has 0 aliphatic heterocycles. The van der Waals surface area contributed by atoms with Gasteiger partial charge in [0.15, 0.2) is 0 Å². The zero-order valence-electron chi connectivity index (χ0n) is 14.6. The second-order valence-corrected chi connectivity index (χ2v) is 5.63. The van der Waals surface area contributed by atoms with E-state index < -0.39 is 11.9 Å². The Bertz CT molecular complexity index is 819. The summed E-state index contributed by atoms with van der Waals surface area (Å²) in [6.45, 7) is 0.494. The van der Waals surface area contributed by atoms with Crippen molar-refractivity contribution in [1.29, 1.82) is 5.26 Å². The van der Waals surface area contributed by atoms with Gasteiger partial charge in [-0.15, -0.1) is 0 Å². The predicted octanol–water partition coefficient (Wildman–Crippen LogP) is 3.13. The Morgan fingerprint density at radius 1 is 1.12 bits per heavy atom. The molecule has 26 heavy (non-hydrogen) atoms. The first-order valence-corrected chi connectivity index (χ1v) is 8.26. The average Bonchev–Trinajstić information content (AvgIpc) is 2.69. The zero-order valence-corrected chi connectivity index (χ0v) is 14.6. The lowest BCUT2D eigenvalue weighted by atomic mass is 10.1. The smallest absolute Gasteiger partial charge is 0.337 e. The highest BCUT2D eigenvalue weighted by Gasteiger charge is 2.09. The van der Waals surface area contributed by atoms with Crippen LogP contribution >= 0.6 is 0 Å². The third-order valence-corrected chi connectivity index (χ3v) is 3.78. The van der Waals surface area contributed by atoms with Crippen molar-refractivity contribution >= 4 is 18.0 Å². The van der Waals surface area contributed by atoms with Gasteiger partial charge in [0.1, 0.15) is 11.6 Å². The van der Waals surface area contributed by atoms with Gasteiger partial charge in [0.05, 0.1) is 12.7 Å². The van der Waals surface area contributed by atoms with E-state index in [9.17, 15) is 14.9 Å². The van der Waals surface area contributed by atoms with Gasteiger partial charge in [-0.2, -0.15) is 5.26 Å². The molecular weight excluding hydrogens is 328 g/mol. The van der Waals surface area contributed by atoms with Crippen molar-refractivity contribution in [2.45, 2.75) is 12.8 Å². The largest absolute Gasteiger partial charge is 0.465 e. The minimum absolute atomic E-state index is 0.0236. The fourth-order valence-electron chi connectivity index (χ4n) is 2.38. The summed E-state index contributed by atoms with van der Waals surface area (Å²) in [6, 6.07) is 18.4. The summed E-state index contributed by atoms with van der Waals surface area (Å²) in [7, 11) is 1.31. The van der Waals surface area contributed by atoms with E-state index in [0.29, 0.717) is 17.7 Å². The summed E-state index contributed by atoms with van der Waals surface area (Å²) in [5.41, 5.74) is 2.31. The van der Waals surface area contributed by atoms with Gasteiger partial charge in [-0.3, -0.25) is 4.79 Å². The number of aryl methyl sites for hydroxylation is 1. The second-order valence-electron chi connectivity index (χ2n) is 5.63. The Morgan fingerprint density at radius 3 is 2.42 bits per heavy atom. The molecule has 2 rings (SSSR count). The number of benzene rings is 2. The Labute approximate surface area is 152 Å². The minimum atomic E-state index is -0.433. The van der Waals surface area contributed by atoms with Crippen LogP contribution in [0.1, 0.15) is 27.9 Å². The molecule has 0 saturated carbocycles. The lowest BCUT2D eigenvalue weighted by Gasteiger charge is -2.05.